The van der Waals surface area contributed by atoms with Crippen molar-refractivity contribution in [1.82, 2.24) is 4.98 Å². The van der Waals surface area contributed by atoms with Crippen molar-refractivity contribution in [1.29, 1.82) is 5.26 Å². The van der Waals surface area contributed by atoms with E-state index in [9.17, 15) is 10.1 Å². The highest BCUT2D eigenvalue weighted by Crippen LogP contribution is 2.28. The highest BCUT2D eigenvalue weighted by molar-refractivity contribution is 5.93. The summed E-state index contributed by atoms with van der Waals surface area (Å²) in [6.45, 7) is 1.81. The minimum Gasteiger partial charge on any atom is -0.261 e. The topological polar surface area (TPSA) is 79.8 Å². The van der Waals surface area contributed by atoms with Crippen molar-refractivity contribution in [2.24, 2.45) is 0 Å². The summed E-state index contributed by atoms with van der Waals surface area (Å²) >= 11 is 0. The number of aryl methyl sites for hydroxylation is 1. The Morgan fingerprint density at radius 1 is 1.47 bits per heavy atom. The molecule has 2 rings (SSSR count). The summed E-state index contributed by atoms with van der Waals surface area (Å²) in [4.78, 5) is 14.5. The number of non-ortho nitro benzene ring substituents is 1. The molecule has 0 radical (unpaired) electrons. The van der Waals surface area contributed by atoms with E-state index in [1.165, 1.54) is 12.3 Å². The van der Waals surface area contributed by atoms with Gasteiger partial charge in [-0.1, -0.05) is 6.07 Å². The van der Waals surface area contributed by atoms with Gasteiger partial charge in [-0.15, -0.1) is 0 Å². The van der Waals surface area contributed by atoms with Crippen molar-refractivity contribution in [2.75, 3.05) is 0 Å². The molecule has 5 nitrogen and oxygen atoms in total. The lowest BCUT2D eigenvalue weighted by molar-refractivity contribution is -0.383. The quantitative estimate of drug-likeness (QED) is 0.583. The summed E-state index contributed by atoms with van der Waals surface area (Å²) in [7, 11) is 0. The fourth-order valence-corrected chi connectivity index (χ4v) is 1.79. The van der Waals surface area contributed by atoms with Gasteiger partial charge < -0.3 is 0 Å². The van der Waals surface area contributed by atoms with Gasteiger partial charge in [-0.25, -0.2) is 0 Å². The van der Waals surface area contributed by atoms with Gasteiger partial charge in [0, 0.05) is 18.0 Å². The predicted octanol–water partition coefficient (Wildman–Crippen LogP) is 2.52. The number of nitro benzene ring substituents is 1. The van der Waals surface area contributed by atoms with Crippen LogP contribution < -0.4 is 0 Å². The van der Waals surface area contributed by atoms with E-state index in [0.717, 1.165) is 16.6 Å². The molecule has 0 aliphatic rings. The summed E-state index contributed by atoms with van der Waals surface area (Å²) < 4.78 is 0. The van der Waals surface area contributed by atoms with Crippen LogP contribution in [0.5, 0.6) is 0 Å². The molecule has 84 valence electrons. The van der Waals surface area contributed by atoms with Crippen LogP contribution in [0, 0.1) is 28.4 Å². The number of pyridine rings is 1. The number of aromatic nitrogens is 1. The van der Waals surface area contributed by atoms with E-state index < -0.39 is 4.92 Å². The number of nitriles is 1. The summed E-state index contributed by atoms with van der Waals surface area (Å²) in [5, 5.41) is 20.8. The third-order valence-electron chi connectivity index (χ3n) is 2.57. The van der Waals surface area contributed by atoms with Crippen LogP contribution in [-0.2, 0) is 6.42 Å². The predicted molar refractivity (Wildman–Crippen MR) is 62.5 cm³/mol. The summed E-state index contributed by atoms with van der Waals surface area (Å²) in [5.74, 6) is 0. The van der Waals surface area contributed by atoms with Crippen LogP contribution in [0.1, 0.15) is 11.3 Å². The lowest BCUT2D eigenvalue weighted by atomic mass is 10.0. The summed E-state index contributed by atoms with van der Waals surface area (Å²) in [6, 6.07) is 6.88. The Bertz CT molecular complexity index is 644. The molecule has 0 unspecified atom stereocenters. The van der Waals surface area contributed by atoms with Gasteiger partial charge in [-0.3, -0.25) is 15.1 Å². The standard InChI is InChI=1S/C12H9N3O2/c1-8-6-10-9(4-5-13)2-3-12(15(16)17)11(10)7-14-8/h2-3,6-7H,4H2,1H3. The third kappa shape index (κ3) is 1.93. The lowest BCUT2D eigenvalue weighted by Crippen LogP contribution is -1.94. The van der Waals surface area contributed by atoms with Crippen LogP contribution in [0.25, 0.3) is 10.8 Å². The first-order valence-electron chi connectivity index (χ1n) is 5.03. The maximum atomic E-state index is 10.9. The van der Waals surface area contributed by atoms with Gasteiger partial charge in [0.2, 0.25) is 0 Å². The molecule has 5 heteroatoms. The molecule has 0 fully saturated rings. The number of hydrogen-bond donors (Lipinski definition) is 0. The van der Waals surface area contributed by atoms with Crippen LogP contribution in [-0.4, -0.2) is 9.91 Å². The number of fused-ring (bicyclic) bond motifs is 1. The average molecular weight is 227 g/mol. The number of hydrogen-bond acceptors (Lipinski definition) is 4. The Balaban J connectivity index is 2.81. The molecule has 1 heterocycles. The van der Waals surface area contributed by atoms with Crippen molar-refractivity contribution >= 4 is 16.5 Å². The monoisotopic (exact) mass is 227 g/mol. The Kier molecular flexibility index (Phi) is 2.71. The summed E-state index contributed by atoms with van der Waals surface area (Å²) in [5.41, 5.74) is 1.59. The molecule has 0 amide bonds. The molecule has 0 bridgehead atoms. The molecule has 0 aliphatic carbocycles. The second kappa shape index (κ2) is 4.18. The first-order chi connectivity index (χ1) is 8.13. The molecule has 0 atom stereocenters. The van der Waals surface area contributed by atoms with Gasteiger partial charge in [0.05, 0.1) is 22.8 Å². The molecule has 1 aromatic heterocycles. The van der Waals surface area contributed by atoms with Gasteiger partial charge in [-0.2, -0.15) is 5.26 Å². The van der Waals surface area contributed by atoms with E-state index in [0.29, 0.717) is 5.39 Å². The van der Waals surface area contributed by atoms with Crippen molar-refractivity contribution in [2.45, 2.75) is 13.3 Å². The molecule has 0 saturated carbocycles. The molecule has 17 heavy (non-hydrogen) atoms. The van der Waals surface area contributed by atoms with Crippen molar-refractivity contribution < 1.29 is 4.92 Å². The third-order valence-corrected chi connectivity index (χ3v) is 2.57. The van der Waals surface area contributed by atoms with Crippen molar-refractivity contribution in [3.05, 3.63) is 45.8 Å². The minimum atomic E-state index is -0.435. The zero-order valence-electron chi connectivity index (χ0n) is 9.17. The second-order valence-corrected chi connectivity index (χ2v) is 3.71. The van der Waals surface area contributed by atoms with E-state index >= 15 is 0 Å². The average Bonchev–Trinajstić information content (AvgIpc) is 2.29. The lowest BCUT2D eigenvalue weighted by Gasteiger charge is -2.04. The Morgan fingerprint density at radius 3 is 2.88 bits per heavy atom. The van der Waals surface area contributed by atoms with Gasteiger partial charge >= 0.3 is 0 Å². The molecular weight excluding hydrogens is 218 g/mol. The normalized spacial score (nSPS) is 10.1. The number of nitrogens with zero attached hydrogens (tertiary/aromatic N) is 3. The zero-order valence-corrected chi connectivity index (χ0v) is 9.17. The Hall–Kier alpha value is -2.48. The smallest absolute Gasteiger partial charge is 0.261 e. The Labute approximate surface area is 97.5 Å². The molecule has 0 N–H and O–H groups in total. The molecule has 0 saturated heterocycles. The SMILES string of the molecule is Cc1cc2c(CC#N)ccc([N+](=O)[O-])c2cn1. The molecular formula is C12H9N3O2. The first-order valence-corrected chi connectivity index (χ1v) is 5.03. The van der Waals surface area contributed by atoms with E-state index in [1.807, 2.05) is 6.92 Å². The van der Waals surface area contributed by atoms with Crippen LogP contribution in [0.3, 0.4) is 0 Å². The van der Waals surface area contributed by atoms with Gasteiger partial charge in [0.25, 0.3) is 5.69 Å². The first kappa shape index (κ1) is 11.0. The van der Waals surface area contributed by atoms with Crippen molar-refractivity contribution in [3.63, 3.8) is 0 Å². The molecule has 2 aromatic rings. The fourth-order valence-electron chi connectivity index (χ4n) is 1.79. The van der Waals surface area contributed by atoms with E-state index in [4.69, 9.17) is 5.26 Å². The second-order valence-electron chi connectivity index (χ2n) is 3.71. The maximum Gasteiger partial charge on any atom is 0.278 e. The van der Waals surface area contributed by atoms with E-state index in [1.54, 1.807) is 12.1 Å². The maximum absolute atomic E-state index is 10.9. The van der Waals surface area contributed by atoms with Gasteiger partial charge in [-0.05, 0) is 23.9 Å². The number of rotatable bonds is 2. The summed E-state index contributed by atoms with van der Waals surface area (Å²) in [6.07, 6.45) is 1.72. The number of nitro groups is 1. The van der Waals surface area contributed by atoms with E-state index in [2.05, 4.69) is 11.1 Å². The van der Waals surface area contributed by atoms with Crippen LogP contribution in [0.2, 0.25) is 0 Å². The molecule has 0 aliphatic heterocycles. The van der Waals surface area contributed by atoms with Crippen LogP contribution in [0.15, 0.2) is 24.4 Å². The van der Waals surface area contributed by atoms with Gasteiger partial charge in [0.1, 0.15) is 0 Å². The van der Waals surface area contributed by atoms with Crippen LogP contribution >= 0.6 is 0 Å². The number of benzene rings is 1. The highest BCUT2D eigenvalue weighted by atomic mass is 16.6. The van der Waals surface area contributed by atoms with Crippen molar-refractivity contribution in [3.8, 4) is 6.07 Å². The van der Waals surface area contributed by atoms with E-state index in [-0.39, 0.29) is 12.1 Å². The Morgan fingerprint density at radius 2 is 2.24 bits per heavy atom. The van der Waals surface area contributed by atoms with Crippen LogP contribution in [0.4, 0.5) is 5.69 Å². The fraction of sp³-hybridized carbons (Fsp3) is 0.167. The molecule has 0 spiro atoms. The largest absolute Gasteiger partial charge is 0.278 e. The highest BCUT2D eigenvalue weighted by Gasteiger charge is 2.14. The zero-order chi connectivity index (χ0) is 12.4. The molecule has 1 aromatic carbocycles. The van der Waals surface area contributed by atoms with Gasteiger partial charge in [0.15, 0.2) is 0 Å². The minimum absolute atomic E-state index is 0.0224.